The van der Waals surface area contributed by atoms with E-state index in [0.717, 1.165) is 32.4 Å². The van der Waals surface area contributed by atoms with Crippen molar-refractivity contribution in [3.05, 3.63) is 0 Å². The van der Waals surface area contributed by atoms with E-state index in [4.69, 9.17) is 0 Å². The molecule has 2 fully saturated rings. The summed E-state index contributed by atoms with van der Waals surface area (Å²) in [7, 11) is -2.99. The van der Waals surface area contributed by atoms with Gasteiger partial charge in [0, 0.05) is 19.2 Å². The van der Waals surface area contributed by atoms with Crippen LogP contribution in [0.3, 0.4) is 0 Å². The van der Waals surface area contributed by atoms with Gasteiger partial charge in [-0.3, -0.25) is 4.79 Å². The summed E-state index contributed by atoms with van der Waals surface area (Å²) in [6, 6.07) is 0. The third kappa shape index (κ3) is 6.98. The fourth-order valence-corrected chi connectivity index (χ4v) is 4.60. The SMILES string of the molecule is CS(=O)(=O)CC1(CC(=O)NCCC2CCCNC2)CC1.Cl. The van der Waals surface area contributed by atoms with Crippen LogP contribution in [0.4, 0.5) is 0 Å². The maximum atomic E-state index is 11.9. The molecule has 1 saturated carbocycles. The number of carbonyl (C=O) groups excluding carboxylic acids is 1. The Morgan fingerprint density at radius 2 is 2.10 bits per heavy atom. The highest BCUT2D eigenvalue weighted by Gasteiger charge is 2.46. The van der Waals surface area contributed by atoms with Gasteiger partial charge in [0.15, 0.2) is 0 Å². The Morgan fingerprint density at radius 3 is 2.62 bits per heavy atom. The van der Waals surface area contributed by atoms with Crippen molar-refractivity contribution < 1.29 is 13.2 Å². The van der Waals surface area contributed by atoms with E-state index < -0.39 is 9.84 Å². The van der Waals surface area contributed by atoms with Crippen LogP contribution in [-0.2, 0) is 14.6 Å². The van der Waals surface area contributed by atoms with Crippen LogP contribution in [0.5, 0.6) is 0 Å². The molecule has 5 nitrogen and oxygen atoms in total. The van der Waals surface area contributed by atoms with Crippen molar-refractivity contribution in [2.45, 2.75) is 38.5 Å². The molecule has 0 spiro atoms. The molecule has 1 aliphatic heterocycles. The molecule has 1 heterocycles. The maximum Gasteiger partial charge on any atom is 0.220 e. The Labute approximate surface area is 134 Å². The third-order valence-corrected chi connectivity index (χ3v) is 5.47. The highest BCUT2D eigenvalue weighted by atomic mass is 35.5. The van der Waals surface area contributed by atoms with Gasteiger partial charge in [-0.2, -0.15) is 0 Å². The lowest BCUT2D eigenvalue weighted by atomic mass is 9.96. The molecule has 1 aliphatic carbocycles. The van der Waals surface area contributed by atoms with Gasteiger partial charge in [0.25, 0.3) is 0 Å². The molecule has 0 aromatic carbocycles. The average Bonchev–Trinajstić information content (AvgIpc) is 3.07. The summed E-state index contributed by atoms with van der Waals surface area (Å²) in [5.74, 6) is 0.824. The van der Waals surface area contributed by atoms with Crippen molar-refractivity contribution in [2.75, 3.05) is 31.6 Å². The molecule has 2 rings (SSSR count). The Hall–Kier alpha value is -0.330. The standard InChI is InChI=1S/C14H26N2O3S.ClH/c1-20(18,19)11-14(5-6-14)9-13(17)16-8-4-12-3-2-7-15-10-12;/h12,15H,2-11H2,1H3,(H,16,17);1H. The van der Waals surface area contributed by atoms with Crippen molar-refractivity contribution in [1.29, 1.82) is 0 Å². The van der Waals surface area contributed by atoms with Crippen LogP contribution < -0.4 is 10.6 Å². The maximum absolute atomic E-state index is 11.9. The Balaban J connectivity index is 0.00000220. The summed E-state index contributed by atoms with van der Waals surface area (Å²) in [6.45, 7) is 2.87. The van der Waals surface area contributed by atoms with E-state index in [1.807, 2.05) is 0 Å². The highest BCUT2D eigenvalue weighted by Crippen LogP contribution is 2.49. The molecule has 2 aliphatic rings. The summed E-state index contributed by atoms with van der Waals surface area (Å²) in [6.07, 6.45) is 6.80. The second kappa shape index (κ2) is 7.79. The average molecular weight is 339 g/mol. The van der Waals surface area contributed by atoms with Crippen molar-refractivity contribution in [3.63, 3.8) is 0 Å². The second-order valence-electron chi connectivity index (χ2n) is 6.60. The first-order valence-electron chi connectivity index (χ1n) is 7.54. The number of amides is 1. The molecule has 0 aromatic rings. The minimum atomic E-state index is -2.99. The number of hydrogen-bond donors (Lipinski definition) is 2. The van der Waals surface area contributed by atoms with Crippen molar-refractivity contribution in [3.8, 4) is 0 Å². The first-order valence-corrected chi connectivity index (χ1v) is 9.60. The molecular weight excluding hydrogens is 312 g/mol. The molecule has 1 atom stereocenters. The van der Waals surface area contributed by atoms with Crippen LogP contribution in [-0.4, -0.2) is 46.0 Å². The second-order valence-corrected chi connectivity index (χ2v) is 8.74. The summed E-state index contributed by atoms with van der Waals surface area (Å²) < 4.78 is 22.7. The van der Waals surface area contributed by atoms with E-state index in [1.54, 1.807) is 0 Å². The Kier molecular flexibility index (Phi) is 6.94. The smallest absolute Gasteiger partial charge is 0.220 e. The molecule has 0 radical (unpaired) electrons. The molecule has 1 amide bonds. The molecule has 21 heavy (non-hydrogen) atoms. The monoisotopic (exact) mass is 338 g/mol. The van der Waals surface area contributed by atoms with Crippen LogP contribution >= 0.6 is 12.4 Å². The quantitative estimate of drug-likeness (QED) is 0.729. The first kappa shape index (κ1) is 18.7. The molecule has 1 saturated heterocycles. The normalized spacial score (nSPS) is 24.0. The summed E-state index contributed by atoms with van der Waals surface area (Å²) in [5, 5.41) is 6.32. The van der Waals surface area contributed by atoms with E-state index in [9.17, 15) is 13.2 Å². The zero-order valence-electron chi connectivity index (χ0n) is 12.7. The number of piperidine rings is 1. The van der Waals surface area contributed by atoms with Crippen molar-refractivity contribution in [1.82, 2.24) is 10.6 Å². The van der Waals surface area contributed by atoms with E-state index in [2.05, 4.69) is 10.6 Å². The zero-order chi connectivity index (χ0) is 14.6. The summed E-state index contributed by atoms with van der Waals surface area (Å²) in [4.78, 5) is 11.9. The molecule has 0 bridgehead atoms. The number of hydrogen-bond acceptors (Lipinski definition) is 4. The van der Waals surface area contributed by atoms with Crippen LogP contribution in [0.1, 0.15) is 38.5 Å². The van der Waals surface area contributed by atoms with Crippen molar-refractivity contribution in [2.24, 2.45) is 11.3 Å². The van der Waals surface area contributed by atoms with Crippen LogP contribution in [0, 0.1) is 11.3 Å². The van der Waals surface area contributed by atoms with Crippen LogP contribution in [0.2, 0.25) is 0 Å². The van der Waals surface area contributed by atoms with E-state index >= 15 is 0 Å². The number of carbonyl (C=O) groups is 1. The third-order valence-electron chi connectivity index (χ3n) is 4.33. The lowest BCUT2D eigenvalue weighted by Crippen LogP contribution is -2.34. The van der Waals surface area contributed by atoms with Gasteiger partial charge >= 0.3 is 0 Å². The number of sulfone groups is 1. The van der Waals surface area contributed by atoms with Crippen molar-refractivity contribution >= 4 is 28.2 Å². The molecule has 7 heteroatoms. The molecule has 124 valence electrons. The number of nitrogens with one attached hydrogen (secondary N) is 2. The van der Waals surface area contributed by atoms with E-state index in [-0.39, 0.29) is 29.5 Å². The number of halogens is 1. The molecule has 2 N–H and O–H groups in total. The zero-order valence-corrected chi connectivity index (χ0v) is 14.3. The van der Waals surface area contributed by atoms with E-state index in [1.165, 1.54) is 19.1 Å². The van der Waals surface area contributed by atoms with Gasteiger partial charge in [0.2, 0.25) is 5.91 Å². The fourth-order valence-electron chi connectivity index (χ4n) is 3.09. The fraction of sp³-hybridized carbons (Fsp3) is 0.929. The van der Waals surface area contributed by atoms with Gasteiger partial charge in [-0.1, -0.05) is 0 Å². The van der Waals surface area contributed by atoms with Crippen LogP contribution in [0.15, 0.2) is 0 Å². The minimum absolute atomic E-state index is 0. The lowest BCUT2D eigenvalue weighted by Gasteiger charge is -2.22. The van der Waals surface area contributed by atoms with Gasteiger partial charge in [-0.25, -0.2) is 8.42 Å². The summed E-state index contributed by atoms with van der Waals surface area (Å²) >= 11 is 0. The first-order chi connectivity index (χ1) is 9.39. The topological polar surface area (TPSA) is 75.3 Å². The van der Waals surface area contributed by atoms with E-state index in [0.29, 0.717) is 18.9 Å². The summed E-state index contributed by atoms with van der Waals surface area (Å²) in [5.41, 5.74) is -0.260. The Morgan fingerprint density at radius 1 is 1.38 bits per heavy atom. The number of rotatable bonds is 7. The predicted octanol–water partition coefficient (Wildman–Crippen LogP) is 1.13. The molecule has 1 unspecified atom stereocenters. The minimum Gasteiger partial charge on any atom is -0.356 e. The van der Waals surface area contributed by atoms with Gasteiger partial charge in [0.05, 0.1) is 5.75 Å². The molecule has 0 aromatic heterocycles. The van der Waals surface area contributed by atoms with Gasteiger partial charge < -0.3 is 10.6 Å². The largest absolute Gasteiger partial charge is 0.356 e. The van der Waals surface area contributed by atoms with Gasteiger partial charge in [-0.15, -0.1) is 12.4 Å². The Bertz CT molecular complexity index is 443. The van der Waals surface area contributed by atoms with Gasteiger partial charge in [0.1, 0.15) is 9.84 Å². The molecular formula is C14H27ClN2O3S. The predicted molar refractivity (Wildman–Crippen MR) is 86.5 cm³/mol. The lowest BCUT2D eigenvalue weighted by molar-refractivity contribution is -0.122. The highest BCUT2D eigenvalue weighted by molar-refractivity contribution is 7.90. The van der Waals surface area contributed by atoms with Gasteiger partial charge in [-0.05, 0) is 56.5 Å². The van der Waals surface area contributed by atoms with Crippen LogP contribution in [0.25, 0.3) is 0 Å².